The van der Waals surface area contributed by atoms with Crippen molar-refractivity contribution in [2.45, 2.75) is 25.3 Å². The monoisotopic (exact) mass is 164 g/mol. The SMILES string of the molecule is CC(CN)(C1CC1)n1cccc1. The fraction of sp³-hybridized carbons (Fsp3) is 0.600. The highest BCUT2D eigenvalue weighted by atomic mass is 15.1. The minimum absolute atomic E-state index is 0.170. The first kappa shape index (κ1) is 7.87. The molecule has 66 valence electrons. The van der Waals surface area contributed by atoms with Crippen LogP contribution < -0.4 is 5.73 Å². The van der Waals surface area contributed by atoms with Crippen molar-refractivity contribution in [2.24, 2.45) is 11.7 Å². The molecule has 1 heterocycles. The fourth-order valence-electron chi connectivity index (χ4n) is 1.86. The van der Waals surface area contributed by atoms with Gasteiger partial charge in [0.1, 0.15) is 0 Å². The van der Waals surface area contributed by atoms with Crippen LogP contribution in [0, 0.1) is 5.92 Å². The van der Waals surface area contributed by atoms with Gasteiger partial charge in [0.25, 0.3) is 0 Å². The second-order valence-electron chi connectivity index (χ2n) is 3.93. The summed E-state index contributed by atoms with van der Waals surface area (Å²) < 4.78 is 2.25. The second kappa shape index (κ2) is 2.63. The van der Waals surface area contributed by atoms with Crippen LogP contribution in [0.4, 0.5) is 0 Å². The topological polar surface area (TPSA) is 30.9 Å². The molecule has 0 bridgehead atoms. The third-order valence-corrected chi connectivity index (χ3v) is 3.06. The van der Waals surface area contributed by atoms with E-state index in [4.69, 9.17) is 5.73 Å². The van der Waals surface area contributed by atoms with Gasteiger partial charge in [-0.2, -0.15) is 0 Å². The van der Waals surface area contributed by atoms with Crippen molar-refractivity contribution in [1.82, 2.24) is 4.57 Å². The number of aromatic nitrogens is 1. The summed E-state index contributed by atoms with van der Waals surface area (Å²) in [6.07, 6.45) is 6.91. The maximum absolute atomic E-state index is 5.82. The molecule has 0 saturated heterocycles. The fourth-order valence-corrected chi connectivity index (χ4v) is 1.86. The molecule has 1 saturated carbocycles. The Balaban J connectivity index is 2.27. The first-order valence-corrected chi connectivity index (χ1v) is 4.61. The van der Waals surface area contributed by atoms with Gasteiger partial charge in [0.2, 0.25) is 0 Å². The van der Waals surface area contributed by atoms with Crippen molar-refractivity contribution in [1.29, 1.82) is 0 Å². The molecule has 1 aliphatic rings. The van der Waals surface area contributed by atoms with Gasteiger partial charge in [-0.3, -0.25) is 0 Å². The third kappa shape index (κ3) is 1.07. The van der Waals surface area contributed by atoms with Crippen LogP contribution in [0.2, 0.25) is 0 Å². The molecular weight excluding hydrogens is 148 g/mol. The average molecular weight is 164 g/mol. The molecule has 2 N–H and O–H groups in total. The minimum Gasteiger partial charge on any atom is -0.347 e. The van der Waals surface area contributed by atoms with E-state index in [1.807, 2.05) is 0 Å². The van der Waals surface area contributed by atoms with E-state index < -0.39 is 0 Å². The van der Waals surface area contributed by atoms with Gasteiger partial charge in [-0.25, -0.2) is 0 Å². The highest BCUT2D eigenvalue weighted by Crippen LogP contribution is 2.43. The summed E-state index contributed by atoms with van der Waals surface area (Å²) in [5, 5.41) is 0. The zero-order valence-corrected chi connectivity index (χ0v) is 7.53. The predicted octanol–water partition coefficient (Wildman–Crippen LogP) is 1.57. The third-order valence-electron chi connectivity index (χ3n) is 3.06. The summed E-state index contributed by atoms with van der Waals surface area (Å²) in [5.74, 6) is 0.801. The van der Waals surface area contributed by atoms with Crippen molar-refractivity contribution in [3.05, 3.63) is 24.5 Å². The van der Waals surface area contributed by atoms with Gasteiger partial charge in [-0.15, -0.1) is 0 Å². The summed E-state index contributed by atoms with van der Waals surface area (Å²) >= 11 is 0. The van der Waals surface area contributed by atoms with E-state index in [9.17, 15) is 0 Å². The average Bonchev–Trinajstić information content (AvgIpc) is 2.80. The van der Waals surface area contributed by atoms with Gasteiger partial charge in [-0.05, 0) is 37.8 Å². The summed E-state index contributed by atoms with van der Waals surface area (Å²) in [5.41, 5.74) is 5.99. The lowest BCUT2D eigenvalue weighted by molar-refractivity contribution is 0.282. The predicted molar refractivity (Wildman–Crippen MR) is 49.9 cm³/mol. The Hall–Kier alpha value is -0.760. The highest BCUT2D eigenvalue weighted by molar-refractivity contribution is 5.03. The number of rotatable bonds is 3. The maximum Gasteiger partial charge on any atom is 0.0561 e. The van der Waals surface area contributed by atoms with Crippen LogP contribution in [0.3, 0.4) is 0 Å². The van der Waals surface area contributed by atoms with Crippen LogP contribution in [0.25, 0.3) is 0 Å². The Kier molecular flexibility index (Phi) is 1.72. The maximum atomic E-state index is 5.82. The second-order valence-corrected chi connectivity index (χ2v) is 3.93. The standard InChI is InChI=1S/C10H16N2/c1-10(8-11,9-4-5-9)12-6-2-3-7-12/h2-3,6-7,9H,4-5,8,11H2,1H3. The molecule has 0 aliphatic heterocycles. The molecule has 1 aromatic rings. The van der Waals surface area contributed by atoms with E-state index in [-0.39, 0.29) is 5.54 Å². The Morgan fingerprint density at radius 3 is 2.42 bits per heavy atom. The lowest BCUT2D eigenvalue weighted by Crippen LogP contribution is -2.39. The molecule has 1 atom stereocenters. The number of hydrogen-bond acceptors (Lipinski definition) is 1. The first-order valence-electron chi connectivity index (χ1n) is 4.61. The molecule has 1 fully saturated rings. The lowest BCUT2D eigenvalue weighted by Gasteiger charge is -2.30. The van der Waals surface area contributed by atoms with Crippen molar-refractivity contribution < 1.29 is 0 Å². The van der Waals surface area contributed by atoms with E-state index in [0.29, 0.717) is 0 Å². The molecule has 2 rings (SSSR count). The molecule has 12 heavy (non-hydrogen) atoms. The minimum atomic E-state index is 0.170. The molecule has 1 aliphatic carbocycles. The highest BCUT2D eigenvalue weighted by Gasteiger charge is 2.41. The van der Waals surface area contributed by atoms with Gasteiger partial charge in [-0.1, -0.05) is 0 Å². The van der Waals surface area contributed by atoms with Crippen molar-refractivity contribution in [3.8, 4) is 0 Å². The molecule has 1 aromatic heterocycles. The zero-order chi connectivity index (χ0) is 8.60. The number of nitrogens with zero attached hydrogens (tertiary/aromatic N) is 1. The van der Waals surface area contributed by atoms with Gasteiger partial charge in [0.05, 0.1) is 5.54 Å². The van der Waals surface area contributed by atoms with Crippen molar-refractivity contribution in [2.75, 3.05) is 6.54 Å². The summed E-state index contributed by atoms with van der Waals surface area (Å²) in [6, 6.07) is 4.13. The molecule has 0 spiro atoms. The Bertz CT molecular complexity index is 249. The van der Waals surface area contributed by atoms with Gasteiger partial charge < -0.3 is 10.3 Å². The van der Waals surface area contributed by atoms with Gasteiger partial charge in [0.15, 0.2) is 0 Å². The van der Waals surface area contributed by atoms with Crippen LogP contribution in [-0.4, -0.2) is 11.1 Å². The molecule has 1 unspecified atom stereocenters. The smallest absolute Gasteiger partial charge is 0.0561 e. The van der Waals surface area contributed by atoms with E-state index in [1.165, 1.54) is 12.8 Å². The Morgan fingerprint density at radius 2 is 2.00 bits per heavy atom. The van der Waals surface area contributed by atoms with Crippen LogP contribution >= 0.6 is 0 Å². The van der Waals surface area contributed by atoms with Crippen LogP contribution in [0.5, 0.6) is 0 Å². The normalized spacial score (nSPS) is 22.2. The zero-order valence-electron chi connectivity index (χ0n) is 7.53. The van der Waals surface area contributed by atoms with Crippen LogP contribution in [0.1, 0.15) is 19.8 Å². The number of nitrogens with two attached hydrogens (primary N) is 1. The largest absolute Gasteiger partial charge is 0.347 e. The van der Waals surface area contributed by atoms with Crippen molar-refractivity contribution in [3.63, 3.8) is 0 Å². The lowest BCUT2D eigenvalue weighted by atomic mass is 9.96. The van der Waals surface area contributed by atoms with Gasteiger partial charge in [0, 0.05) is 18.9 Å². The van der Waals surface area contributed by atoms with E-state index >= 15 is 0 Å². The van der Waals surface area contributed by atoms with Crippen LogP contribution in [0.15, 0.2) is 24.5 Å². The summed E-state index contributed by atoms with van der Waals surface area (Å²) in [7, 11) is 0. The van der Waals surface area contributed by atoms with Crippen molar-refractivity contribution >= 4 is 0 Å². The van der Waals surface area contributed by atoms with Gasteiger partial charge >= 0.3 is 0 Å². The molecule has 0 amide bonds. The molecular formula is C10H16N2. The van der Waals surface area contributed by atoms with E-state index in [2.05, 4.69) is 36.0 Å². The van der Waals surface area contributed by atoms with E-state index in [0.717, 1.165) is 12.5 Å². The molecule has 0 aromatic carbocycles. The summed E-state index contributed by atoms with van der Waals surface area (Å²) in [4.78, 5) is 0. The Labute approximate surface area is 73.4 Å². The molecule has 2 heteroatoms. The molecule has 0 radical (unpaired) electrons. The van der Waals surface area contributed by atoms with E-state index in [1.54, 1.807) is 0 Å². The molecule has 2 nitrogen and oxygen atoms in total. The first-order chi connectivity index (χ1) is 5.77. The Morgan fingerprint density at radius 1 is 1.42 bits per heavy atom. The van der Waals surface area contributed by atoms with Crippen LogP contribution in [-0.2, 0) is 5.54 Å². The quantitative estimate of drug-likeness (QED) is 0.722. The summed E-state index contributed by atoms with van der Waals surface area (Å²) in [6.45, 7) is 3.00. The number of hydrogen-bond donors (Lipinski definition) is 1.